The number of benzene rings is 1. The van der Waals surface area contributed by atoms with E-state index in [1.165, 1.54) is 20.1 Å². The molecule has 3 N–H and O–H groups in total. The lowest BCUT2D eigenvalue weighted by Gasteiger charge is -2.20. The van der Waals surface area contributed by atoms with Crippen LogP contribution in [0.4, 0.5) is 5.69 Å². The molecule has 0 saturated heterocycles. The monoisotopic (exact) mass is 431 g/mol. The van der Waals surface area contributed by atoms with Crippen molar-refractivity contribution >= 4 is 44.0 Å². The Labute approximate surface area is 149 Å². The number of nitrogens with zero attached hydrogens (tertiary/aromatic N) is 1. The van der Waals surface area contributed by atoms with E-state index in [4.69, 9.17) is 10.5 Å². The van der Waals surface area contributed by atoms with Crippen molar-refractivity contribution < 1.29 is 18.1 Å². The number of hydrogen-bond donors (Lipinski definition) is 2. The minimum Gasteiger partial charge on any atom is -0.489 e. The molecule has 11 heteroatoms. The summed E-state index contributed by atoms with van der Waals surface area (Å²) in [5.74, 6) is -0.312. The Hall–Kier alpha value is -0.940. The second kappa shape index (κ2) is 7.75. The Balaban J connectivity index is 0.00000484. The Morgan fingerprint density at radius 2 is 2.00 bits per heavy atom. The molecule has 1 aromatic rings. The molecule has 23 heavy (non-hydrogen) atoms. The molecule has 0 spiro atoms. The first-order valence-corrected chi connectivity index (χ1v) is 8.48. The SMILES string of the molecule is COc1c(S(=O)(=O)NCC(C)(C)N)cc(Br)c(C)c1[N+](=O)[O-].Cl. The molecule has 0 atom stereocenters. The van der Waals surface area contributed by atoms with E-state index in [1.54, 1.807) is 13.8 Å². The molecule has 0 aliphatic heterocycles. The van der Waals surface area contributed by atoms with Crippen LogP contribution in [0, 0.1) is 17.0 Å². The molecule has 1 rings (SSSR count). The smallest absolute Gasteiger partial charge is 0.316 e. The number of rotatable bonds is 6. The predicted octanol–water partition coefficient (Wildman–Crippen LogP) is 2.11. The van der Waals surface area contributed by atoms with E-state index >= 15 is 0 Å². The van der Waals surface area contributed by atoms with Crippen LogP contribution in [0.3, 0.4) is 0 Å². The van der Waals surface area contributed by atoms with Gasteiger partial charge in [0.15, 0.2) is 0 Å². The van der Waals surface area contributed by atoms with Gasteiger partial charge in [-0.05, 0) is 26.8 Å². The average Bonchev–Trinajstić information content (AvgIpc) is 2.37. The fourth-order valence-electron chi connectivity index (χ4n) is 1.66. The highest BCUT2D eigenvalue weighted by Gasteiger charge is 2.31. The van der Waals surface area contributed by atoms with Gasteiger partial charge in [0.2, 0.25) is 15.8 Å². The number of nitrogens with two attached hydrogens (primary N) is 1. The van der Waals surface area contributed by atoms with Crippen LogP contribution in [0.25, 0.3) is 0 Å². The van der Waals surface area contributed by atoms with E-state index in [9.17, 15) is 18.5 Å². The summed E-state index contributed by atoms with van der Waals surface area (Å²) in [4.78, 5) is 10.2. The number of nitro groups is 1. The minimum atomic E-state index is -4.02. The summed E-state index contributed by atoms with van der Waals surface area (Å²) in [6, 6.07) is 1.27. The molecule has 0 aliphatic rings. The number of hydrogen-bond acceptors (Lipinski definition) is 6. The van der Waals surface area contributed by atoms with Crippen molar-refractivity contribution in [1.29, 1.82) is 0 Å². The van der Waals surface area contributed by atoms with E-state index in [1.807, 2.05) is 0 Å². The fourth-order valence-corrected chi connectivity index (χ4v) is 3.65. The number of sulfonamides is 1. The van der Waals surface area contributed by atoms with Crippen LogP contribution in [0.2, 0.25) is 0 Å². The zero-order valence-electron chi connectivity index (χ0n) is 13.0. The van der Waals surface area contributed by atoms with Gasteiger partial charge in [0.1, 0.15) is 4.90 Å². The zero-order valence-corrected chi connectivity index (χ0v) is 16.3. The molecule has 0 aromatic heterocycles. The van der Waals surface area contributed by atoms with Gasteiger partial charge < -0.3 is 10.5 Å². The zero-order chi connectivity index (χ0) is 17.3. The van der Waals surface area contributed by atoms with Crippen molar-refractivity contribution in [3.8, 4) is 5.75 Å². The van der Waals surface area contributed by atoms with Crippen molar-refractivity contribution in [2.24, 2.45) is 5.73 Å². The molecule has 0 fully saturated rings. The summed E-state index contributed by atoms with van der Waals surface area (Å²) in [6.45, 7) is 4.77. The Morgan fingerprint density at radius 3 is 2.39 bits per heavy atom. The van der Waals surface area contributed by atoms with Crippen molar-refractivity contribution in [2.75, 3.05) is 13.7 Å². The molecule has 0 heterocycles. The van der Waals surface area contributed by atoms with E-state index < -0.39 is 26.2 Å². The second-order valence-electron chi connectivity index (χ2n) is 5.43. The topological polar surface area (TPSA) is 125 Å². The minimum absolute atomic E-state index is 0. The molecular formula is C12H19BrClN3O5S. The van der Waals surface area contributed by atoms with Crippen LogP contribution in [-0.4, -0.2) is 32.5 Å². The Morgan fingerprint density at radius 1 is 1.48 bits per heavy atom. The molecule has 132 valence electrons. The van der Waals surface area contributed by atoms with Gasteiger partial charge in [-0.2, -0.15) is 0 Å². The van der Waals surface area contributed by atoms with Crippen LogP contribution >= 0.6 is 28.3 Å². The number of nitrogens with one attached hydrogen (secondary N) is 1. The number of ether oxygens (including phenoxy) is 1. The summed E-state index contributed by atoms with van der Waals surface area (Å²) in [5.41, 5.74) is 4.86. The third-order valence-electron chi connectivity index (χ3n) is 2.80. The van der Waals surface area contributed by atoms with Crippen molar-refractivity contribution in [2.45, 2.75) is 31.2 Å². The lowest BCUT2D eigenvalue weighted by molar-refractivity contribution is -0.386. The van der Waals surface area contributed by atoms with Gasteiger partial charge in [0.25, 0.3) is 0 Å². The number of nitro benzene ring substituents is 1. The highest BCUT2D eigenvalue weighted by atomic mass is 79.9. The molecule has 1 aromatic carbocycles. The van der Waals surface area contributed by atoms with Gasteiger partial charge >= 0.3 is 5.69 Å². The third-order valence-corrected chi connectivity index (χ3v) is 5.03. The quantitative estimate of drug-likeness (QED) is 0.524. The van der Waals surface area contributed by atoms with E-state index in [2.05, 4.69) is 20.7 Å². The van der Waals surface area contributed by atoms with Gasteiger partial charge in [0.05, 0.1) is 12.0 Å². The predicted molar refractivity (Wildman–Crippen MR) is 92.8 cm³/mol. The standard InChI is InChI=1S/C12H18BrN3O5S.ClH/c1-7-8(13)5-9(11(21-4)10(7)16(17)18)22(19,20)15-6-12(2,3)14;/h5,15H,6,14H2,1-4H3;1H. The van der Waals surface area contributed by atoms with Gasteiger partial charge in [0, 0.05) is 22.1 Å². The van der Waals surface area contributed by atoms with Crippen molar-refractivity contribution in [1.82, 2.24) is 4.72 Å². The second-order valence-corrected chi connectivity index (χ2v) is 8.02. The number of methoxy groups -OCH3 is 1. The normalized spacial score (nSPS) is 11.7. The van der Waals surface area contributed by atoms with Crippen LogP contribution in [-0.2, 0) is 10.0 Å². The summed E-state index contributed by atoms with van der Waals surface area (Å²) < 4.78 is 32.4. The van der Waals surface area contributed by atoms with Gasteiger partial charge in [-0.25, -0.2) is 13.1 Å². The molecule has 0 bridgehead atoms. The fraction of sp³-hybridized carbons (Fsp3) is 0.500. The summed E-state index contributed by atoms with van der Waals surface area (Å²) in [5, 5.41) is 11.2. The summed E-state index contributed by atoms with van der Waals surface area (Å²) >= 11 is 3.13. The summed E-state index contributed by atoms with van der Waals surface area (Å²) in [6.07, 6.45) is 0. The number of halogens is 2. The maximum Gasteiger partial charge on any atom is 0.316 e. The van der Waals surface area contributed by atoms with E-state index in [0.717, 1.165) is 0 Å². The largest absolute Gasteiger partial charge is 0.489 e. The van der Waals surface area contributed by atoms with Crippen LogP contribution in [0.5, 0.6) is 5.75 Å². The van der Waals surface area contributed by atoms with Crippen LogP contribution in [0.1, 0.15) is 19.4 Å². The maximum atomic E-state index is 12.4. The molecule has 0 radical (unpaired) electrons. The summed E-state index contributed by atoms with van der Waals surface area (Å²) in [7, 11) is -2.84. The molecule has 8 nitrogen and oxygen atoms in total. The Kier molecular flexibility index (Phi) is 7.44. The van der Waals surface area contributed by atoms with Crippen molar-refractivity contribution in [3.05, 3.63) is 26.2 Å². The first-order valence-electron chi connectivity index (χ1n) is 6.20. The van der Waals surface area contributed by atoms with E-state index in [-0.39, 0.29) is 35.2 Å². The van der Waals surface area contributed by atoms with Crippen LogP contribution in [0.15, 0.2) is 15.4 Å². The van der Waals surface area contributed by atoms with Gasteiger partial charge in [-0.1, -0.05) is 15.9 Å². The van der Waals surface area contributed by atoms with E-state index in [0.29, 0.717) is 4.47 Å². The molecular weight excluding hydrogens is 414 g/mol. The first kappa shape index (κ1) is 22.1. The first-order chi connectivity index (χ1) is 9.90. The molecule has 0 saturated carbocycles. The molecule has 0 aliphatic carbocycles. The average molecular weight is 433 g/mol. The third kappa shape index (κ3) is 5.28. The maximum absolute atomic E-state index is 12.4. The lowest BCUT2D eigenvalue weighted by atomic mass is 10.1. The molecule has 0 unspecified atom stereocenters. The highest BCUT2D eigenvalue weighted by Crippen LogP contribution is 2.40. The van der Waals surface area contributed by atoms with Gasteiger partial charge in [-0.15, -0.1) is 12.4 Å². The Bertz CT molecular complexity index is 704. The van der Waals surface area contributed by atoms with Crippen LogP contribution < -0.4 is 15.2 Å². The lowest BCUT2D eigenvalue weighted by Crippen LogP contribution is -2.45. The van der Waals surface area contributed by atoms with Crippen molar-refractivity contribution in [3.63, 3.8) is 0 Å². The molecule has 0 amide bonds. The van der Waals surface area contributed by atoms with Gasteiger partial charge in [-0.3, -0.25) is 10.1 Å². The highest BCUT2D eigenvalue weighted by molar-refractivity contribution is 9.10.